The highest BCUT2D eigenvalue weighted by Gasteiger charge is 2.31. The third-order valence-corrected chi connectivity index (χ3v) is 6.49. The molecule has 1 aliphatic carbocycles. The van der Waals surface area contributed by atoms with Crippen molar-refractivity contribution in [3.8, 4) is 0 Å². The summed E-state index contributed by atoms with van der Waals surface area (Å²) in [6.07, 6.45) is 3.61. The fraction of sp³-hybridized carbons (Fsp3) is 0.900. The van der Waals surface area contributed by atoms with E-state index in [1.165, 1.54) is 6.26 Å². The van der Waals surface area contributed by atoms with Gasteiger partial charge in [0.1, 0.15) is 9.84 Å². The Bertz CT molecular complexity index is 401. The van der Waals surface area contributed by atoms with E-state index in [9.17, 15) is 17.4 Å². The van der Waals surface area contributed by atoms with Crippen LogP contribution in [0.4, 0.5) is 0 Å². The predicted octanol–water partition coefficient (Wildman–Crippen LogP) is 0.566. The number of rotatable bonds is 5. The van der Waals surface area contributed by atoms with Gasteiger partial charge in [-0.25, -0.2) is 8.42 Å². The van der Waals surface area contributed by atoms with Gasteiger partial charge in [0.05, 0.1) is 11.7 Å². The molecule has 0 aliphatic heterocycles. The highest BCUT2D eigenvalue weighted by atomic mass is 32.2. The fourth-order valence-electron chi connectivity index (χ4n) is 2.08. The summed E-state index contributed by atoms with van der Waals surface area (Å²) in [6, 6.07) is 0. The molecule has 3 unspecified atom stereocenters. The summed E-state index contributed by atoms with van der Waals surface area (Å²) >= 11 is 0. The van der Waals surface area contributed by atoms with Crippen LogP contribution in [0.2, 0.25) is 0 Å². The SMILES string of the molecule is CS(=O)(=O)C1CCCC(S(=O)CCC(=O)O)C1. The Kier molecular flexibility index (Phi) is 5.12. The Morgan fingerprint density at radius 1 is 1.41 bits per heavy atom. The predicted molar refractivity (Wildman–Crippen MR) is 66.2 cm³/mol. The molecule has 0 aromatic heterocycles. The second-order valence-corrected chi connectivity index (χ2v) is 8.63. The topological polar surface area (TPSA) is 88.5 Å². The number of hydrogen-bond donors (Lipinski definition) is 1. The molecule has 0 bridgehead atoms. The summed E-state index contributed by atoms with van der Waals surface area (Å²) in [5, 5.41) is 7.94. The average Bonchev–Trinajstić information content (AvgIpc) is 2.25. The molecule has 1 rings (SSSR count). The standard InChI is InChI=1S/C10H18O5S2/c1-17(14,15)9-4-2-3-8(7-9)16(13)6-5-10(11)12/h8-9H,2-7H2,1H3,(H,11,12). The third kappa shape index (κ3) is 4.75. The first kappa shape index (κ1) is 14.6. The van der Waals surface area contributed by atoms with Crippen molar-refractivity contribution in [3.05, 3.63) is 0 Å². The van der Waals surface area contributed by atoms with E-state index in [1.54, 1.807) is 0 Å². The number of carboxylic acids is 1. The van der Waals surface area contributed by atoms with Crippen LogP contribution in [0.1, 0.15) is 32.1 Å². The lowest BCUT2D eigenvalue weighted by atomic mass is 10.00. The molecule has 1 aliphatic rings. The van der Waals surface area contributed by atoms with Crippen molar-refractivity contribution in [1.82, 2.24) is 0 Å². The van der Waals surface area contributed by atoms with Crippen molar-refractivity contribution in [1.29, 1.82) is 0 Å². The van der Waals surface area contributed by atoms with Gasteiger partial charge in [-0.1, -0.05) is 6.42 Å². The smallest absolute Gasteiger partial charge is 0.304 e. The number of carbonyl (C=O) groups is 1. The van der Waals surface area contributed by atoms with Crippen LogP contribution in [0, 0.1) is 0 Å². The molecule has 1 N–H and O–H groups in total. The molecule has 7 heteroatoms. The lowest BCUT2D eigenvalue weighted by molar-refractivity contribution is -0.136. The molecule has 0 aromatic carbocycles. The van der Waals surface area contributed by atoms with E-state index >= 15 is 0 Å². The summed E-state index contributed by atoms with van der Waals surface area (Å²) in [5.74, 6) is -0.843. The van der Waals surface area contributed by atoms with Crippen LogP contribution in [0.15, 0.2) is 0 Å². The lowest BCUT2D eigenvalue weighted by Gasteiger charge is -2.27. The summed E-state index contributed by atoms with van der Waals surface area (Å²) in [4.78, 5) is 10.4. The Labute approximate surface area is 104 Å². The van der Waals surface area contributed by atoms with E-state index in [-0.39, 0.29) is 17.4 Å². The van der Waals surface area contributed by atoms with Gasteiger partial charge in [-0.05, 0) is 19.3 Å². The van der Waals surface area contributed by atoms with E-state index in [0.29, 0.717) is 12.8 Å². The van der Waals surface area contributed by atoms with Gasteiger partial charge in [-0.3, -0.25) is 9.00 Å². The zero-order valence-electron chi connectivity index (χ0n) is 9.79. The van der Waals surface area contributed by atoms with Crippen molar-refractivity contribution >= 4 is 26.6 Å². The molecule has 3 atom stereocenters. The van der Waals surface area contributed by atoms with Gasteiger partial charge in [0.15, 0.2) is 0 Å². The molecule has 0 radical (unpaired) electrons. The molecule has 17 heavy (non-hydrogen) atoms. The molecule has 1 saturated carbocycles. The normalized spacial score (nSPS) is 27.6. The van der Waals surface area contributed by atoms with Crippen molar-refractivity contribution < 1.29 is 22.5 Å². The first-order valence-electron chi connectivity index (χ1n) is 5.58. The lowest BCUT2D eigenvalue weighted by Crippen LogP contribution is -2.33. The first-order chi connectivity index (χ1) is 7.80. The van der Waals surface area contributed by atoms with Crippen LogP contribution in [0.25, 0.3) is 0 Å². The van der Waals surface area contributed by atoms with E-state index in [0.717, 1.165) is 12.8 Å². The summed E-state index contributed by atoms with van der Waals surface area (Å²) < 4.78 is 34.7. The third-order valence-electron chi connectivity index (χ3n) is 3.07. The molecular formula is C10H18O5S2. The van der Waals surface area contributed by atoms with Crippen molar-refractivity contribution in [2.24, 2.45) is 0 Å². The van der Waals surface area contributed by atoms with Gasteiger partial charge in [0.25, 0.3) is 0 Å². The van der Waals surface area contributed by atoms with E-state index < -0.39 is 31.9 Å². The van der Waals surface area contributed by atoms with E-state index in [1.807, 2.05) is 0 Å². The Hall–Kier alpha value is -0.430. The molecule has 0 heterocycles. The Morgan fingerprint density at radius 2 is 2.06 bits per heavy atom. The van der Waals surface area contributed by atoms with Crippen LogP contribution >= 0.6 is 0 Å². The monoisotopic (exact) mass is 282 g/mol. The maximum atomic E-state index is 11.8. The van der Waals surface area contributed by atoms with Crippen LogP contribution in [0.3, 0.4) is 0 Å². The maximum Gasteiger partial charge on any atom is 0.304 e. The summed E-state index contributed by atoms with van der Waals surface area (Å²) in [5.41, 5.74) is 0. The largest absolute Gasteiger partial charge is 0.481 e. The average molecular weight is 282 g/mol. The van der Waals surface area contributed by atoms with E-state index in [2.05, 4.69) is 0 Å². The van der Waals surface area contributed by atoms with Gasteiger partial charge < -0.3 is 5.11 Å². The van der Waals surface area contributed by atoms with Crippen molar-refractivity contribution in [3.63, 3.8) is 0 Å². The number of aliphatic carboxylic acids is 1. The molecule has 1 fully saturated rings. The van der Waals surface area contributed by atoms with Gasteiger partial charge in [0, 0.05) is 28.1 Å². The van der Waals surface area contributed by atoms with Crippen LogP contribution in [0.5, 0.6) is 0 Å². The Balaban J connectivity index is 2.55. The van der Waals surface area contributed by atoms with Crippen molar-refractivity contribution in [2.75, 3.05) is 12.0 Å². The molecule has 0 amide bonds. The van der Waals surface area contributed by atoms with Gasteiger partial charge in [-0.15, -0.1) is 0 Å². The fourth-order valence-corrected chi connectivity index (χ4v) is 4.97. The number of hydrogen-bond acceptors (Lipinski definition) is 4. The minimum absolute atomic E-state index is 0.118. The zero-order chi connectivity index (χ0) is 13.1. The molecule has 0 saturated heterocycles. The summed E-state index contributed by atoms with van der Waals surface area (Å²) in [6.45, 7) is 0. The molecular weight excluding hydrogens is 264 g/mol. The van der Waals surface area contributed by atoms with Gasteiger partial charge in [0.2, 0.25) is 0 Å². The van der Waals surface area contributed by atoms with E-state index in [4.69, 9.17) is 5.11 Å². The molecule has 5 nitrogen and oxygen atoms in total. The second-order valence-electron chi connectivity index (χ2n) is 4.47. The minimum Gasteiger partial charge on any atom is -0.481 e. The van der Waals surface area contributed by atoms with Gasteiger partial charge >= 0.3 is 5.97 Å². The second kappa shape index (κ2) is 5.95. The molecule has 0 spiro atoms. The zero-order valence-corrected chi connectivity index (χ0v) is 11.4. The molecule has 0 aromatic rings. The highest BCUT2D eigenvalue weighted by Crippen LogP contribution is 2.27. The molecule has 100 valence electrons. The quantitative estimate of drug-likeness (QED) is 0.796. The van der Waals surface area contributed by atoms with Gasteiger partial charge in [-0.2, -0.15) is 0 Å². The first-order valence-corrected chi connectivity index (χ1v) is 8.92. The number of carboxylic acid groups (broad SMARTS) is 1. The Morgan fingerprint density at radius 3 is 2.59 bits per heavy atom. The van der Waals surface area contributed by atoms with Crippen LogP contribution in [-0.2, 0) is 25.4 Å². The van der Waals surface area contributed by atoms with Crippen LogP contribution in [-0.4, -0.2) is 46.2 Å². The minimum atomic E-state index is -3.07. The van der Waals surface area contributed by atoms with Crippen LogP contribution < -0.4 is 0 Å². The van der Waals surface area contributed by atoms with Crippen molar-refractivity contribution in [2.45, 2.75) is 42.6 Å². The number of sulfone groups is 1. The summed E-state index contributed by atoms with van der Waals surface area (Å²) in [7, 11) is -4.30. The highest BCUT2D eigenvalue weighted by molar-refractivity contribution is 7.91. The maximum absolute atomic E-state index is 11.8.